The number of nitrogens with zero attached hydrogens (tertiary/aromatic N) is 2. The lowest BCUT2D eigenvalue weighted by molar-refractivity contribution is 0.0827. The highest BCUT2D eigenvalue weighted by Crippen LogP contribution is 2.11. The van der Waals surface area contributed by atoms with E-state index in [1.165, 1.54) is 17.2 Å². The van der Waals surface area contributed by atoms with Gasteiger partial charge in [0, 0.05) is 26.8 Å². The zero-order chi connectivity index (χ0) is 15.4. The minimum absolute atomic E-state index is 0.130. The fourth-order valence-corrected chi connectivity index (χ4v) is 1.73. The predicted octanol–water partition coefficient (Wildman–Crippen LogP) is 2.67. The summed E-state index contributed by atoms with van der Waals surface area (Å²) in [6, 6.07) is 7.03. The molecule has 0 saturated heterocycles. The summed E-state index contributed by atoms with van der Waals surface area (Å²) in [6.07, 6.45) is 1.47. The number of aromatic nitrogens is 1. The number of nitrogens with one attached hydrogen (secondary N) is 1. The molecule has 1 aromatic carbocycles. The van der Waals surface area contributed by atoms with Crippen molar-refractivity contribution in [3.05, 3.63) is 59.3 Å². The van der Waals surface area contributed by atoms with Crippen molar-refractivity contribution in [3.63, 3.8) is 0 Å². The highest BCUT2D eigenvalue weighted by molar-refractivity contribution is 5.93. The van der Waals surface area contributed by atoms with Gasteiger partial charge in [-0.15, -0.1) is 0 Å². The van der Waals surface area contributed by atoms with Gasteiger partial charge in [0.1, 0.15) is 5.82 Å². The van der Waals surface area contributed by atoms with Crippen LogP contribution in [0.15, 0.2) is 36.5 Å². The topological polar surface area (TPSA) is 45.2 Å². The van der Waals surface area contributed by atoms with Crippen LogP contribution in [0.3, 0.4) is 0 Å². The second-order valence-electron chi connectivity index (χ2n) is 4.73. The molecule has 0 saturated carbocycles. The van der Waals surface area contributed by atoms with E-state index in [1.54, 1.807) is 26.2 Å². The zero-order valence-electron chi connectivity index (χ0n) is 11.7. The molecule has 2 aromatic rings. The lowest BCUT2D eigenvalue weighted by atomic mass is 10.2. The molecule has 0 atom stereocenters. The first-order valence-corrected chi connectivity index (χ1v) is 6.33. The number of hydrogen-bond acceptors (Lipinski definition) is 3. The minimum Gasteiger partial charge on any atom is -0.366 e. The van der Waals surface area contributed by atoms with Crippen LogP contribution in [0.2, 0.25) is 0 Å². The summed E-state index contributed by atoms with van der Waals surface area (Å²) in [5, 5.41) is 2.98. The number of carbonyl (C=O) groups is 1. The Labute approximate surface area is 121 Å². The highest BCUT2D eigenvalue weighted by Gasteiger charge is 2.08. The van der Waals surface area contributed by atoms with Crippen LogP contribution in [0.1, 0.15) is 15.9 Å². The zero-order valence-corrected chi connectivity index (χ0v) is 11.7. The molecule has 1 aromatic heterocycles. The number of halogens is 2. The quantitative estimate of drug-likeness (QED) is 0.942. The molecule has 0 aliphatic heterocycles. The van der Waals surface area contributed by atoms with Gasteiger partial charge in [0.05, 0.1) is 5.56 Å². The molecular weight excluding hydrogens is 276 g/mol. The van der Waals surface area contributed by atoms with E-state index in [1.807, 2.05) is 0 Å². The highest BCUT2D eigenvalue weighted by atomic mass is 19.2. The van der Waals surface area contributed by atoms with Gasteiger partial charge in [-0.25, -0.2) is 13.8 Å². The molecular formula is C15H15F2N3O. The summed E-state index contributed by atoms with van der Waals surface area (Å²) in [4.78, 5) is 17.3. The summed E-state index contributed by atoms with van der Waals surface area (Å²) in [6.45, 7) is 0.311. The molecule has 0 bridgehead atoms. The number of carbonyl (C=O) groups excluding carboxylic acids is 1. The van der Waals surface area contributed by atoms with Gasteiger partial charge in [0.15, 0.2) is 11.6 Å². The van der Waals surface area contributed by atoms with Gasteiger partial charge in [-0.3, -0.25) is 4.79 Å². The van der Waals surface area contributed by atoms with Gasteiger partial charge in [-0.1, -0.05) is 6.07 Å². The Morgan fingerprint density at radius 2 is 1.95 bits per heavy atom. The molecule has 1 heterocycles. The third-order valence-corrected chi connectivity index (χ3v) is 2.87. The van der Waals surface area contributed by atoms with E-state index >= 15 is 0 Å². The first-order valence-electron chi connectivity index (χ1n) is 6.33. The maximum Gasteiger partial charge on any atom is 0.254 e. The first-order chi connectivity index (χ1) is 9.97. The Morgan fingerprint density at radius 1 is 1.19 bits per heavy atom. The van der Waals surface area contributed by atoms with Crippen LogP contribution in [0, 0.1) is 11.6 Å². The van der Waals surface area contributed by atoms with Crippen molar-refractivity contribution >= 4 is 11.7 Å². The number of hydrogen-bond donors (Lipinski definition) is 1. The Kier molecular flexibility index (Phi) is 4.47. The van der Waals surface area contributed by atoms with E-state index in [2.05, 4.69) is 10.3 Å². The summed E-state index contributed by atoms with van der Waals surface area (Å²) in [7, 11) is 3.33. The van der Waals surface area contributed by atoms with Crippen molar-refractivity contribution in [2.75, 3.05) is 19.4 Å². The van der Waals surface area contributed by atoms with Crippen molar-refractivity contribution in [2.45, 2.75) is 6.54 Å². The van der Waals surface area contributed by atoms with Crippen LogP contribution in [0.4, 0.5) is 14.6 Å². The summed E-state index contributed by atoms with van der Waals surface area (Å²) in [5.41, 5.74) is 1.09. The van der Waals surface area contributed by atoms with Crippen LogP contribution < -0.4 is 5.32 Å². The second kappa shape index (κ2) is 6.30. The summed E-state index contributed by atoms with van der Waals surface area (Å²) >= 11 is 0. The average molecular weight is 291 g/mol. The Morgan fingerprint density at radius 3 is 2.52 bits per heavy atom. The van der Waals surface area contributed by atoms with Crippen molar-refractivity contribution in [1.29, 1.82) is 0 Å². The average Bonchev–Trinajstić information content (AvgIpc) is 2.48. The van der Waals surface area contributed by atoms with Gasteiger partial charge >= 0.3 is 0 Å². The Hall–Kier alpha value is -2.50. The van der Waals surface area contributed by atoms with E-state index in [-0.39, 0.29) is 5.91 Å². The van der Waals surface area contributed by atoms with Crippen molar-refractivity contribution in [1.82, 2.24) is 9.88 Å². The van der Waals surface area contributed by atoms with Gasteiger partial charge in [0.2, 0.25) is 0 Å². The summed E-state index contributed by atoms with van der Waals surface area (Å²) in [5.74, 6) is -1.33. The van der Waals surface area contributed by atoms with Crippen LogP contribution in [0.5, 0.6) is 0 Å². The molecule has 0 spiro atoms. The van der Waals surface area contributed by atoms with Gasteiger partial charge < -0.3 is 10.2 Å². The van der Waals surface area contributed by atoms with Crippen LogP contribution in [0.25, 0.3) is 0 Å². The lowest BCUT2D eigenvalue weighted by Crippen LogP contribution is -2.21. The molecule has 6 heteroatoms. The molecule has 21 heavy (non-hydrogen) atoms. The van der Waals surface area contributed by atoms with E-state index < -0.39 is 11.6 Å². The Balaban J connectivity index is 2.00. The van der Waals surface area contributed by atoms with Gasteiger partial charge in [-0.2, -0.15) is 0 Å². The number of anilines is 1. The van der Waals surface area contributed by atoms with E-state index in [4.69, 9.17) is 0 Å². The predicted molar refractivity (Wildman–Crippen MR) is 75.9 cm³/mol. The van der Waals surface area contributed by atoms with Crippen molar-refractivity contribution in [3.8, 4) is 0 Å². The fraction of sp³-hybridized carbons (Fsp3) is 0.200. The van der Waals surface area contributed by atoms with E-state index in [9.17, 15) is 13.6 Å². The third-order valence-electron chi connectivity index (χ3n) is 2.87. The van der Waals surface area contributed by atoms with E-state index in [0.717, 1.165) is 12.1 Å². The molecule has 2 rings (SSSR count). The lowest BCUT2D eigenvalue weighted by Gasteiger charge is -2.10. The Bertz CT molecular complexity index is 642. The largest absolute Gasteiger partial charge is 0.366 e. The monoisotopic (exact) mass is 291 g/mol. The molecule has 4 nitrogen and oxygen atoms in total. The third kappa shape index (κ3) is 3.75. The smallest absolute Gasteiger partial charge is 0.254 e. The van der Waals surface area contributed by atoms with Crippen LogP contribution in [-0.4, -0.2) is 29.9 Å². The number of amides is 1. The number of benzene rings is 1. The SMILES string of the molecule is CN(C)C(=O)c1ccc(NCc2ccc(F)c(F)c2)nc1. The molecule has 0 radical (unpaired) electrons. The van der Waals surface area contributed by atoms with Crippen molar-refractivity contribution in [2.24, 2.45) is 0 Å². The molecule has 1 amide bonds. The van der Waals surface area contributed by atoms with Crippen LogP contribution in [-0.2, 0) is 6.54 Å². The second-order valence-corrected chi connectivity index (χ2v) is 4.73. The molecule has 0 unspecified atom stereocenters. The van der Waals surface area contributed by atoms with E-state index in [0.29, 0.717) is 23.5 Å². The molecule has 1 N–H and O–H groups in total. The fourth-order valence-electron chi connectivity index (χ4n) is 1.73. The van der Waals surface area contributed by atoms with Crippen molar-refractivity contribution < 1.29 is 13.6 Å². The normalized spacial score (nSPS) is 10.3. The standard InChI is InChI=1S/C15H15F2N3O/c1-20(2)15(21)11-4-6-14(19-9-11)18-8-10-3-5-12(16)13(17)7-10/h3-7,9H,8H2,1-2H3,(H,18,19). The first kappa shape index (κ1) is 14.9. The van der Waals surface area contributed by atoms with Gasteiger partial charge in [-0.05, 0) is 29.8 Å². The number of pyridine rings is 1. The summed E-state index contributed by atoms with van der Waals surface area (Å²) < 4.78 is 25.9. The maximum atomic E-state index is 13.1. The van der Waals surface area contributed by atoms with Gasteiger partial charge in [0.25, 0.3) is 5.91 Å². The minimum atomic E-state index is -0.880. The molecule has 0 aliphatic carbocycles. The maximum absolute atomic E-state index is 13.1. The molecule has 0 fully saturated rings. The molecule has 110 valence electrons. The molecule has 0 aliphatic rings. The van der Waals surface area contributed by atoms with Crippen LogP contribution >= 0.6 is 0 Å². The number of rotatable bonds is 4.